The van der Waals surface area contributed by atoms with Crippen molar-refractivity contribution in [2.24, 2.45) is 0 Å². The van der Waals surface area contributed by atoms with E-state index in [9.17, 15) is 0 Å². The lowest BCUT2D eigenvalue weighted by atomic mass is 10.1. The summed E-state index contributed by atoms with van der Waals surface area (Å²) in [4.78, 5) is 8.78. The fourth-order valence-electron chi connectivity index (χ4n) is 2.38. The van der Waals surface area contributed by atoms with Gasteiger partial charge in [0.05, 0.1) is 11.4 Å². The second kappa shape index (κ2) is 5.29. The number of hydrogen-bond acceptors (Lipinski definition) is 3. The lowest BCUT2D eigenvalue weighted by molar-refractivity contribution is 1.08. The molecule has 0 saturated heterocycles. The third-order valence-corrected chi connectivity index (χ3v) is 3.45. The highest BCUT2D eigenvalue weighted by Crippen LogP contribution is 2.19. The van der Waals surface area contributed by atoms with Crippen molar-refractivity contribution in [3.05, 3.63) is 65.7 Å². The van der Waals surface area contributed by atoms with E-state index in [2.05, 4.69) is 39.6 Å². The monoisotopic (exact) mass is 263 g/mol. The van der Waals surface area contributed by atoms with Gasteiger partial charge in [0, 0.05) is 30.0 Å². The Bertz CT molecular complexity index is 745. The molecule has 0 aliphatic carbocycles. The van der Waals surface area contributed by atoms with Gasteiger partial charge >= 0.3 is 0 Å². The maximum absolute atomic E-state index is 4.47. The molecule has 0 aliphatic rings. The van der Waals surface area contributed by atoms with E-state index in [-0.39, 0.29) is 0 Å². The van der Waals surface area contributed by atoms with Gasteiger partial charge in [0.25, 0.3) is 0 Å². The quantitative estimate of drug-likeness (QED) is 0.779. The molecule has 0 fully saturated rings. The molecule has 3 heteroatoms. The molecular weight excluding hydrogens is 246 g/mol. The van der Waals surface area contributed by atoms with E-state index in [0.29, 0.717) is 0 Å². The van der Waals surface area contributed by atoms with Gasteiger partial charge in [0.1, 0.15) is 0 Å². The second-order valence-electron chi connectivity index (χ2n) is 4.96. The SMILES string of the molecule is Cc1ccc(NCc2cncc3ccccc23)c(C)n1. The summed E-state index contributed by atoms with van der Waals surface area (Å²) in [5.74, 6) is 0. The van der Waals surface area contributed by atoms with E-state index in [1.165, 1.54) is 16.3 Å². The molecule has 1 aromatic carbocycles. The van der Waals surface area contributed by atoms with Crippen LogP contribution in [0, 0.1) is 13.8 Å². The normalized spacial score (nSPS) is 10.7. The predicted octanol–water partition coefficient (Wildman–Crippen LogP) is 3.86. The average Bonchev–Trinajstić information content (AvgIpc) is 2.46. The minimum atomic E-state index is 0.750. The van der Waals surface area contributed by atoms with Crippen molar-refractivity contribution in [1.29, 1.82) is 0 Å². The summed E-state index contributed by atoms with van der Waals surface area (Å²) in [6, 6.07) is 12.4. The predicted molar refractivity (Wildman–Crippen MR) is 82.8 cm³/mol. The highest BCUT2D eigenvalue weighted by molar-refractivity contribution is 5.84. The highest BCUT2D eigenvalue weighted by Gasteiger charge is 2.03. The van der Waals surface area contributed by atoms with Crippen molar-refractivity contribution in [3.63, 3.8) is 0 Å². The number of hydrogen-bond donors (Lipinski definition) is 1. The summed E-state index contributed by atoms with van der Waals surface area (Å²) in [5.41, 5.74) is 4.34. The zero-order chi connectivity index (χ0) is 13.9. The van der Waals surface area contributed by atoms with Gasteiger partial charge in [0.15, 0.2) is 0 Å². The van der Waals surface area contributed by atoms with E-state index in [1.807, 2.05) is 38.4 Å². The van der Waals surface area contributed by atoms with Crippen LogP contribution in [0.5, 0.6) is 0 Å². The van der Waals surface area contributed by atoms with Crippen molar-refractivity contribution >= 4 is 16.5 Å². The van der Waals surface area contributed by atoms with Crippen LogP contribution in [0.3, 0.4) is 0 Å². The van der Waals surface area contributed by atoms with E-state index in [4.69, 9.17) is 0 Å². The van der Waals surface area contributed by atoms with E-state index < -0.39 is 0 Å². The summed E-state index contributed by atoms with van der Waals surface area (Å²) in [6.45, 7) is 4.78. The first kappa shape index (κ1) is 12.6. The number of benzene rings is 1. The van der Waals surface area contributed by atoms with Gasteiger partial charge in [-0.25, -0.2) is 0 Å². The van der Waals surface area contributed by atoms with Crippen LogP contribution in [0.1, 0.15) is 17.0 Å². The molecule has 2 aromatic heterocycles. The fourth-order valence-corrected chi connectivity index (χ4v) is 2.38. The second-order valence-corrected chi connectivity index (χ2v) is 4.96. The zero-order valence-corrected chi connectivity index (χ0v) is 11.7. The van der Waals surface area contributed by atoms with Gasteiger partial charge < -0.3 is 5.32 Å². The summed E-state index contributed by atoms with van der Waals surface area (Å²) in [5, 5.41) is 5.86. The molecule has 1 N–H and O–H groups in total. The topological polar surface area (TPSA) is 37.8 Å². The van der Waals surface area contributed by atoms with Crippen LogP contribution in [0.2, 0.25) is 0 Å². The van der Waals surface area contributed by atoms with Crippen LogP contribution in [0.15, 0.2) is 48.8 Å². The van der Waals surface area contributed by atoms with Gasteiger partial charge in [-0.05, 0) is 36.9 Å². The van der Waals surface area contributed by atoms with Crippen LogP contribution >= 0.6 is 0 Å². The summed E-state index contributed by atoms with van der Waals surface area (Å²) in [6.07, 6.45) is 3.82. The fraction of sp³-hybridized carbons (Fsp3) is 0.176. The highest BCUT2D eigenvalue weighted by atomic mass is 14.9. The smallest absolute Gasteiger partial charge is 0.0606 e. The van der Waals surface area contributed by atoms with Crippen LogP contribution in [-0.4, -0.2) is 9.97 Å². The zero-order valence-electron chi connectivity index (χ0n) is 11.7. The molecular formula is C17H17N3. The Morgan fingerprint density at radius 2 is 1.85 bits per heavy atom. The molecule has 3 nitrogen and oxygen atoms in total. The van der Waals surface area contributed by atoms with Gasteiger partial charge in [-0.15, -0.1) is 0 Å². The molecule has 3 aromatic rings. The first-order valence-corrected chi connectivity index (χ1v) is 6.74. The number of anilines is 1. The minimum Gasteiger partial charge on any atom is -0.379 e. The van der Waals surface area contributed by atoms with Gasteiger partial charge in [-0.3, -0.25) is 9.97 Å². The lowest BCUT2D eigenvalue weighted by Crippen LogP contribution is -2.03. The molecule has 20 heavy (non-hydrogen) atoms. The van der Waals surface area contributed by atoms with Crippen LogP contribution in [0.25, 0.3) is 10.8 Å². The molecule has 100 valence electrons. The molecule has 0 radical (unpaired) electrons. The van der Waals surface area contributed by atoms with E-state index >= 15 is 0 Å². The van der Waals surface area contributed by atoms with E-state index in [0.717, 1.165) is 23.6 Å². The number of aryl methyl sites for hydroxylation is 2. The number of nitrogens with one attached hydrogen (secondary N) is 1. The third-order valence-electron chi connectivity index (χ3n) is 3.45. The number of pyridine rings is 2. The maximum atomic E-state index is 4.47. The molecule has 0 saturated carbocycles. The Balaban J connectivity index is 1.87. The Morgan fingerprint density at radius 3 is 2.70 bits per heavy atom. The van der Waals surface area contributed by atoms with Crippen LogP contribution in [-0.2, 0) is 6.54 Å². The maximum Gasteiger partial charge on any atom is 0.0606 e. The average molecular weight is 263 g/mol. The summed E-state index contributed by atoms with van der Waals surface area (Å²) >= 11 is 0. The number of fused-ring (bicyclic) bond motifs is 1. The van der Waals surface area contributed by atoms with Crippen LogP contribution < -0.4 is 5.32 Å². The molecule has 3 rings (SSSR count). The number of aromatic nitrogens is 2. The lowest BCUT2D eigenvalue weighted by Gasteiger charge is -2.11. The first-order chi connectivity index (χ1) is 9.74. The van der Waals surface area contributed by atoms with Crippen molar-refractivity contribution in [3.8, 4) is 0 Å². The van der Waals surface area contributed by atoms with Gasteiger partial charge in [0.2, 0.25) is 0 Å². The first-order valence-electron chi connectivity index (χ1n) is 6.74. The van der Waals surface area contributed by atoms with Crippen molar-refractivity contribution in [2.45, 2.75) is 20.4 Å². The molecule has 0 unspecified atom stereocenters. The number of nitrogens with zero attached hydrogens (tertiary/aromatic N) is 2. The summed E-state index contributed by atoms with van der Waals surface area (Å²) < 4.78 is 0. The molecule has 0 bridgehead atoms. The summed E-state index contributed by atoms with van der Waals surface area (Å²) in [7, 11) is 0. The Morgan fingerprint density at radius 1 is 1.00 bits per heavy atom. The van der Waals surface area contributed by atoms with Crippen LogP contribution in [0.4, 0.5) is 5.69 Å². The third kappa shape index (κ3) is 2.48. The van der Waals surface area contributed by atoms with Crippen molar-refractivity contribution in [2.75, 3.05) is 5.32 Å². The Labute approximate surface area is 118 Å². The Kier molecular flexibility index (Phi) is 3.33. The van der Waals surface area contributed by atoms with Crippen molar-refractivity contribution < 1.29 is 0 Å². The standard InChI is InChI=1S/C17H17N3/c1-12-7-8-17(13(2)20-12)19-11-15-10-18-9-14-5-3-4-6-16(14)15/h3-10,19H,11H2,1-2H3. The minimum absolute atomic E-state index is 0.750. The molecule has 0 aliphatic heterocycles. The molecule has 2 heterocycles. The molecule has 0 spiro atoms. The van der Waals surface area contributed by atoms with Crippen molar-refractivity contribution in [1.82, 2.24) is 9.97 Å². The van der Waals surface area contributed by atoms with Gasteiger partial charge in [-0.2, -0.15) is 0 Å². The Hall–Kier alpha value is -2.42. The largest absolute Gasteiger partial charge is 0.379 e. The molecule has 0 amide bonds. The number of rotatable bonds is 3. The van der Waals surface area contributed by atoms with Gasteiger partial charge in [-0.1, -0.05) is 24.3 Å². The van der Waals surface area contributed by atoms with E-state index in [1.54, 1.807) is 0 Å². The molecule has 0 atom stereocenters.